The minimum Gasteiger partial charge on any atom is -0.459 e. The fourth-order valence-electron chi connectivity index (χ4n) is 3.30. The van der Waals surface area contributed by atoms with Crippen molar-refractivity contribution in [3.8, 4) is 0 Å². The largest absolute Gasteiger partial charge is 0.459 e. The van der Waals surface area contributed by atoms with Gasteiger partial charge < -0.3 is 20.0 Å². The third-order valence-electron chi connectivity index (χ3n) is 4.63. The van der Waals surface area contributed by atoms with Crippen LogP contribution in [0.3, 0.4) is 0 Å². The molecule has 120 valence electrons. The highest BCUT2D eigenvalue weighted by molar-refractivity contribution is 5.95. The van der Waals surface area contributed by atoms with Crippen LogP contribution in [0.15, 0.2) is 22.8 Å². The van der Waals surface area contributed by atoms with Gasteiger partial charge in [-0.2, -0.15) is 0 Å². The molecule has 2 amide bonds. The molecular formula is C16H23N3O3. The second-order valence-electron chi connectivity index (χ2n) is 6.15. The van der Waals surface area contributed by atoms with E-state index in [1.54, 1.807) is 17.0 Å². The highest BCUT2D eigenvalue weighted by Crippen LogP contribution is 2.23. The molecule has 22 heavy (non-hydrogen) atoms. The second kappa shape index (κ2) is 6.52. The molecule has 0 saturated carbocycles. The Hall–Kier alpha value is -1.82. The molecule has 2 saturated heterocycles. The number of nitrogens with zero attached hydrogens (tertiary/aromatic N) is 2. The molecule has 3 heterocycles. The summed E-state index contributed by atoms with van der Waals surface area (Å²) < 4.78 is 5.20. The van der Waals surface area contributed by atoms with Crippen LogP contribution in [0.2, 0.25) is 0 Å². The van der Waals surface area contributed by atoms with Crippen LogP contribution in [0.1, 0.15) is 42.7 Å². The molecule has 2 aliphatic rings. The van der Waals surface area contributed by atoms with Crippen LogP contribution < -0.4 is 5.73 Å². The quantitative estimate of drug-likeness (QED) is 0.891. The van der Waals surface area contributed by atoms with Crippen molar-refractivity contribution >= 4 is 11.8 Å². The van der Waals surface area contributed by atoms with E-state index in [1.807, 2.05) is 4.90 Å². The van der Waals surface area contributed by atoms with Gasteiger partial charge in [-0.1, -0.05) is 0 Å². The number of nitrogens with two attached hydrogens (primary N) is 1. The number of hydrogen-bond donors (Lipinski definition) is 1. The average Bonchev–Trinajstić information content (AvgIpc) is 3.09. The lowest BCUT2D eigenvalue weighted by Crippen LogP contribution is -2.55. The number of rotatable bonds is 2. The van der Waals surface area contributed by atoms with E-state index in [9.17, 15) is 9.59 Å². The molecule has 1 aromatic heterocycles. The topological polar surface area (TPSA) is 79.8 Å². The van der Waals surface area contributed by atoms with E-state index >= 15 is 0 Å². The van der Waals surface area contributed by atoms with Gasteiger partial charge in [-0.3, -0.25) is 9.59 Å². The van der Waals surface area contributed by atoms with Gasteiger partial charge in [-0.15, -0.1) is 0 Å². The lowest BCUT2D eigenvalue weighted by atomic mass is 9.98. The molecular weight excluding hydrogens is 282 g/mol. The zero-order chi connectivity index (χ0) is 15.5. The van der Waals surface area contributed by atoms with Crippen LogP contribution in [0.4, 0.5) is 0 Å². The van der Waals surface area contributed by atoms with Gasteiger partial charge in [0.05, 0.1) is 6.26 Å². The average molecular weight is 305 g/mol. The summed E-state index contributed by atoms with van der Waals surface area (Å²) in [6, 6.07) is 3.18. The first-order valence-electron chi connectivity index (χ1n) is 8.05. The molecule has 2 N–H and O–H groups in total. The monoisotopic (exact) mass is 305 g/mol. The van der Waals surface area contributed by atoms with E-state index < -0.39 is 0 Å². The molecule has 0 aliphatic carbocycles. The minimum absolute atomic E-state index is 0.0616. The van der Waals surface area contributed by atoms with Crippen LogP contribution in [0.25, 0.3) is 0 Å². The highest BCUT2D eigenvalue weighted by Gasteiger charge is 2.36. The number of amides is 2. The predicted molar refractivity (Wildman–Crippen MR) is 81.2 cm³/mol. The molecule has 6 heteroatoms. The normalized spacial score (nSPS) is 23.6. The molecule has 2 fully saturated rings. The zero-order valence-corrected chi connectivity index (χ0v) is 12.7. The summed E-state index contributed by atoms with van der Waals surface area (Å²) >= 11 is 0. The minimum atomic E-state index is -0.360. The first-order valence-corrected chi connectivity index (χ1v) is 8.05. The van der Waals surface area contributed by atoms with Crippen LogP contribution in [-0.2, 0) is 4.79 Å². The van der Waals surface area contributed by atoms with Gasteiger partial charge in [0.2, 0.25) is 5.91 Å². The van der Waals surface area contributed by atoms with Crippen molar-refractivity contribution in [2.75, 3.05) is 19.6 Å². The van der Waals surface area contributed by atoms with Crippen molar-refractivity contribution in [2.24, 2.45) is 5.73 Å². The van der Waals surface area contributed by atoms with Gasteiger partial charge in [-0.05, 0) is 44.2 Å². The van der Waals surface area contributed by atoms with E-state index in [4.69, 9.17) is 10.2 Å². The Balaban J connectivity index is 1.72. The lowest BCUT2D eigenvalue weighted by molar-refractivity contribution is -0.138. The summed E-state index contributed by atoms with van der Waals surface area (Å²) in [5.74, 6) is 0.184. The highest BCUT2D eigenvalue weighted by atomic mass is 16.3. The van der Waals surface area contributed by atoms with Crippen molar-refractivity contribution in [1.82, 2.24) is 9.80 Å². The van der Waals surface area contributed by atoms with Crippen molar-refractivity contribution in [1.29, 1.82) is 0 Å². The van der Waals surface area contributed by atoms with Crippen molar-refractivity contribution < 1.29 is 14.0 Å². The van der Waals surface area contributed by atoms with Crippen molar-refractivity contribution in [2.45, 2.75) is 44.2 Å². The fourth-order valence-corrected chi connectivity index (χ4v) is 3.30. The smallest absolute Gasteiger partial charge is 0.290 e. The Morgan fingerprint density at radius 3 is 2.59 bits per heavy atom. The van der Waals surface area contributed by atoms with E-state index in [0.29, 0.717) is 25.4 Å². The summed E-state index contributed by atoms with van der Waals surface area (Å²) in [6.07, 6.45) is 5.80. The summed E-state index contributed by atoms with van der Waals surface area (Å²) in [7, 11) is 0. The van der Waals surface area contributed by atoms with Crippen LogP contribution >= 0.6 is 0 Å². The molecule has 0 bridgehead atoms. The first-order chi connectivity index (χ1) is 10.7. The van der Waals surface area contributed by atoms with Crippen molar-refractivity contribution in [3.63, 3.8) is 0 Å². The number of likely N-dealkylation sites (tertiary alicyclic amines) is 2. The SMILES string of the molecule is NC1CCN(C(=O)C2CCCCN2C(=O)c2ccco2)CC1. The summed E-state index contributed by atoms with van der Waals surface area (Å²) in [6.45, 7) is 2.00. The molecule has 0 aromatic carbocycles. The maximum absolute atomic E-state index is 12.8. The maximum atomic E-state index is 12.8. The predicted octanol–water partition coefficient (Wildman–Crippen LogP) is 1.22. The summed E-state index contributed by atoms with van der Waals surface area (Å²) in [5, 5.41) is 0. The summed E-state index contributed by atoms with van der Waals surface area (Å²) in [4.78, 5) is 28.9. The number of hydrogen-bond acceptors (Lipinski definition) is 4. The van der Waals surface area contributed by atoms with Crippen molar-refractivity contribution in [3.05, 3.63) is 24.2 Å². The number of piperidine rings is 2. The molecule has 6 nitrogen and oxygen atoms in total. The molecule has 2 aliphatic heterocycles. The van der Waals surface area contributed by atoms with Crippen LogP contribution in [0.5, 0.6) is 0 Å². The van der Waals surface area contributed by atoms with Gasteiger partial charge in [-0.25, -0.2) is 0 Å². The molecule has 0 radical (unpaired) electrons. The Labute approximate surface area is 130 Å². The molecule has 1 atom stereocenters. The van der Waals surface area contributed by atoms with E-state index in [-0.39, 0.29) is 23.9 Å². The van der Waals surface area contributed by atoms with Gasteiger partial charge in [0, 0.05) is 25.7 Å². The molecule has 1 unspecified atom stereocenters. The van der Waals surface area contributed by atoms with Gasteiger partial charge >= 0.3 is 0 Å². The van der Waals surface area contributed by atoms with Crippen LogP contribution in [0, 0.1) is 0 Å². The number of carbonyl (C=O) groups excluding carboxylic acids is 2. The number of furan rings is 1. The Morgan fingerprint density at radius 1 is 1.14 bits per heavy atom. The standard InChI is InChI=1S/C16H23N3O3/c17-12-6-9-18(10-7-12)15(20)13-4-1-2-8-19(13)16(21)14-5-3-11-22-14/h3,5,11-13H,1-2,4,6-10,17H2. The molecule has 1 aromatic rings. The summed E-state index contributed by atoms with van der Waals surface area (Å²) in [5.41, 5.74) is 5.90. The fraction of sp³-hybridized carbons (Fsp3) is 0.625. The lowest BCUT2D eigenvalue weighted by Gasteiger charge is -2.39. The zero-order valence-electron chi connectivity index (χ0n) is 12.7. The van der Waals surface area contributed by atoms with Crippen LogP contribution in [-0.4, -0.2) is 53.3 Å². The van der Waals surface area contributed by atoms with Gasteiger partial charge in [0.1, 0.15) is 6.04 Å². The third kappa shape index (κ3) is 3.02. The van der Waals surface area contributed by atoms with E-state index in [0.717, 1.165) is 32.1 Å². The van der Waals surface area contributed by atoms with E-state index in [2.05, 4.69) is 0 Å². The number of carbonyl (C=O) groups is 2. The second-order valence-corrected chi connectivity index (χ2v) is 6.15. The third-order valence-corrected chi connectivity index (χ3v) is 4.63. The maximum Gasteiger partial charge on any atom is 0.290 e. The van der Waals surface area contributed by atoms with E-state index in [1.165, 1.54) is 6.26 Å². The first kappa shape index (κ1) is 15.1. The Kier molecular flexibility index (Phi) is 4.47. The van der Waals surface area contributed by atoms with Gasteiger partial charge in [0.15, 0.2) is 5.76 Å². The Bertz CT molecular complexity index is 521. The molecule has 3 rings (SSSR count). The molecule has 0 spiro atoms. The van der Waals surface area contributed by atoms with Gasteiger partial charge in [0.25, 0.3) is 5.91 Å². The Morgan fingerprint density at radius 2 is 1.91 bits per heavy atom.